The first kappa shape index (κ1) is 16.8. The van der Waals surface area contributed by atoms with E-state index >= 15 is 0 Å². The van der Waals surface area contributed by atoms with E-state index < -0.39 is 0 Å². The summed E-state index contributed by atoms with van der Waals surface area (Å²) in [5.41, 5.74) is 2.90. The number of hydrogen-bond acceptors (Lipinski definition) is 4. The molecule has 1 aliphatic rings. The Morgan fingerprint density at radius 2 is 2.23 bits per heavy atom. The molecule has 1 saturated heterocycles. The second-order valence-electron chi connectivity index (χ2n) is 5.54. The molecule has 22 heavy (non-hydrogen) atoms. The lowest BCUT2D eigenvalue weighted by atomic mass is 10.1. The summed E-state index contributed by atoms with van der Waals surface area (Å²) in [6.45, 7) is 6.03. The zero-order chi connectivity index (χ0) is 16.1. The van der Waals surface area contributed by atoms with Gasteiger partial charge >= 0.3 is 0 Å². The van der Waals surface area contributed by atoms with Gasteiger partial charge in [-0.15, -0.1) is 11.8 Å². The number of carbonyl (C=O) groups excluding carboxylic acids is 2. The SMILES string of the molecule is CCc1cccc(C)c1NC(=O)CSC1NC(=O)CC(C)N1. The fraction of sp³-hybridized carbons (Fsp3) is 0.500. The number of thioether (sulfide) groups is 1. The van der Waals surface area contributed by atoms with E-state index in [9.17, 15) is 9.59 Å². The lowest BCUT2D eigenvalue weighted by molar-refractivity contribution is -0.123. The van der Waals surface area contributed by atoms with Crippen molar-refractivity contribution in [2.75, 3.05) is 11.1 Å². The van der Waals surface area contributed by atoms with Gasteiger partial charge in [0.05, 0.1) is 5.75 Å². The Kier molecular flexibility index (Phi) is 5.85. The zero-order valence-corrected chi connectivity index (χ0v) is 14.0. The molecule has 1 aromatic carbocycles. The van der Waals surface area contributed by atoms with Crippen LogP contribution >= 0.6 is 11.8 Å². The molecule has 2 rings (SSSR count). The highest BCUT2D eigenvalue weighted by atomic mass is 32.2. The smallest absolute Gasteiger partial charge is 0.234 e. The maximum absolute atomic E-state index is 12.2. The number of rotatable bonds is 5. The molecule has 0 bridgehead atoms. The molecule has 2 amide bonds. The number of nitrogens with one attached hydrogen (secondary N) is 3. The summed E-state index contributed by atoms with van der Waals surface area (Å²) in [7, 11) is 0. The molecule has 0 radical (unpaired) electrons. The summed E-state index contributed by atoms with van der Waals surface area (Å²) in [6.07, 6.45) is 1.36. The van der Waals surface area contributed by atoms with E-state index in [1.54, 1.807) is 0 Å². The number of benzene rings is 1. The van der Waals surface area contributed by atoms with Crippen LogP contribution in [-0.4, -0.2) is 29.1 Å². The van der Waals surface area contributed by atoms with Crippen molar-refractivity contribution in [3.8, 4) is 0 Å². The quantitative estimate of drug-likeness (QED) is 0.776. The van der Waals surface area contributed by atoms with E-state index in [0.29, 0.717) is 12.2 Å². The topological polar surface area (TPSA) is 70.2 Å². The predicted molar refractivity (Wildman–Crippen MR) is 90.8 cm³/mol. The maximum atomic E-state index is 12.2. The van der Waals surface area contributed by atoms with Gasteiger partial charge in [0.15, 0.2) is 0 Å². The summed E-state index contributed by atoms with van der Waals surface area (Å²) >= 11 is 1.40. The Balaban J connectivity index is 1.90. The molecule has 0 saturated carbocycles. The highest BCUT2D eigenvalue weighted by molar-refractivity contribution is 8.00. The molecule has 3 N–H and O–H groups in total. The van der Waals surface area contributed by atoms with Crippen molar-refractivity contribution in [2.24, 2.45) is 0 Å². The highest BCUT2D eigenvalue weighted by Gasteiger charge is 2.23. The second kappa shape index (κ2) is 7.65. The van der Waals surface area contributed by atoms with Crippen LogP contribution in [0.15, 0.2) is 18.2 Å². The van der Waals surface area contributed by atoms with Crippen molar-refractivity contribution >= 4 is 29.3 Å². The molecule has 120 valence electrons. The van der Waals surface area contributed by atoms with Gasteiger partial charge in [-0.05, 0) is 31.4 Å². The van der Waals surface area contributed by atoms with E-state index in [4.69, 9.17) is 0 Å². The first-order valence-electron chi connectivity index (χ1n) is 7.55. The monoisotopic (exact) mass is 321 g/mol. The summed E-state index contributed by atoms with van der Waals surface area (Å²) in [6, 6.07) is 6.16. The van der Waals surface area contributed by atoms with E-state index in [1.807, 2.05) is 32.0 Å². The van der Waals surface area contributed by atoms with Gasteiger partial charge in [-0.25, -0.2) is 0 Å². The van der Waals surface area contributed by atoms with Crippen LogP contribution in [0.1, 0.15) is 31.4 Å². The largest absolute Gasteiger partial charge is 0.332 e. The average molecular weight is 321 g/mol. The molecular formula is C16H23N3O2S. The lowest BCUT2D eigenvalue weighted by Crippen LogP contribution is -2.53. The molecular weight excluding hydrogens is 298 g/mol. The first-order valence-corrected chi connectivity index (χ1v) is 8.59. The van der Waals surface area contributed by atoms with E-state index in [1.165, 1.54) is 11.8 Å². The van der Waals surface area contributed by atoms with Crippen LogP contribution in [0.3, 0.4) is 0 Å². The molecule has 1 heterocycles. The molecule has 1 aromatic rings. The molecule has 2 atom stereocenters. The van der Waals surface area contributed by atoms with Crippen LogP contribution in [0, 0.1) is 6.92 Å². The Labute approximate surface area is 135 Å². The molecule has 1 fully saturated rings. The Bertz CT molecular complexity index is 562. The molecule has 6 heteroatoms. The summed E-state index contributed by atoms with van der Waals surface area (Å²) in [5.74, 6) is 0.266. The van der Waals surface area contributed by atoms with Crippen LogP contribution in [-0.2, 0) is 16.0 Å². The number of carbonyl (C=O) groups is 2. The molecule has 5 nitrogen and oxygen atoms in total. The third kappa shape index (κ3) is 4.48. The molecule has 0 aromatic heterocycles. The number of para-hydroxylation sites is 1. The first-order chi connectivity index (χ1) is 10.5. The van der Waals surface area contributed by atoms with Crippen molar-refractivity contribution in [3.05, 3.63) is 29.3 Å². The third-order valence-electron chi connectivity index (χ3n) is 3.61. The van der Waals surface area contributed by atoms with Crippen molar-refractivity contribution in [2.45, 2.75) is 45.2 Å². The van der Waals surface area contributed by atoms with Crippen LogP contribution in [0.25, 0.3) is 0 Å². The third-order valence-corrected chi connectivity index (χ3v) is 4.62. The van der Waals surface area contributed by atoms with E-state index in [0.717, 1.165) is 23.2 Å². The van der Waals surface area contributed by atoms with Gasteiger partial charge in [-0.1, -0.05) is 25.1 Å². The van der Waals surface area contributed by atoms with Crippen molar-refractivity contribution in [1.82, 2.24) is 10.6 Å². The van der Waals surface area contributed by atoms with Crippen molar-refractivity contribution in [1.29, 1.82) is 0 Å². The molecule has 0 aliphatic carbocycles. The highest BCUT2D eigenvalue weighted by Crippen LogP contribution is 2.21. The Morgan fingerprint density at radius 1 is 1.45 bits per heavy atom. The fourth-order valence-electron chi connectivity index (χ4n) is 2.47. The molecule has 0 spiro atoms. The van der Waals surface area contributed by atoms with Crippen LogP contribution < -0.4 is 16.0 Å². The van der Waals surface area contributed by atoms with E-state index in [-0.39, 0.29) is 23.4 Å². The maximum Gasteiger partial charge on any atom is 0.234 e. The average Bonchev–Trinajstić information content (AvgIpc) is 2.46. The van der Waals surface area contributed by atoms with Crippen molar-refractivity contribution < 1.29 is 9.59 Å². The van der Waals surface area contributed by atoms with Gasteiger partial charge in [0, 0.05) is 18.2 Å². The van der Waals surface area contributed by atoms with Gasteiger partial charge in [0.2, 0.25) is 11.8 Å². The van der Waals surface area contributed by atoms with Crippen LogP contribution in [0.5, 0.6) is 0 Å². The normalized spacial score (nSPS) is 21.3. The predicted octanol–water partition coefficient (Wildman–Crippen LogP) is 2.01. The minimum atomic E-state index is -0.204. The standard InChI is InChI=1S/C16H23N3O2S/c1-4-12-7-5-6-10(2)15(12)18-14(21)9-22-16-17-11(3)8-13(20)19-16/h5-7,11,16-17H,4,8-9H2,1-3H3,(H,18,21)(H,19,20). The molecule has 1 aliphatic heterocycles. The van der Waals surface area contributed by atoms with Crippen LogP contribution in [0.2, 0.25) is 0 Å². The molecule has 2 unspecified atom stereocenters. The van der Waals surface area contributed by atoms with Gasteiger partial charge in [-0.2, -0.15) is 0 Å². The number of hydrogen-bond donors (Lipinski definition) is 3. The summed E-state index contributed by atoms with van der Waals surface area (Å²) < 4.78 is 0. The summed E-state index contributed by atoms with van der Waals surface area (Å²) in [4.78, 5) is 23.6. The fourth-order valence-corrected chi connectivity index (χ4v) is 3.40. The number of amides is 2. The zero-order valence-electron chi connectivity index (χ0n) is 13.2. The minimum absolute atomic E-state index is 0.0244. The second-order valence-corrected chi connectivity index (χ2v) is 6.63. The van der Waals surface area contributed by atoms with Crippen LogP contribution in [0.4, 0.5) is 5.69 Å². The van der Waals surface area contributed by atoms with Gasteiger partial charge in [0.25, 0.3) is 0 Å². The Hall–Kier alpha value is -1.53. The van der Waals surface area contributed by atoms with Gasteiger partial charge in [0.1, 0.15) is 5.50 Å². The number of aryl methyl sites for hydroxylation is 2. The van der Waals surface area contributed by atoms with Gasteiger partial charge in [-0.3, -0.25) is 14.9 Å². The Morgan fingerprint density at radius 3 is 2.91 bits per heavy atom. The minimum Gasteiger partial charge on any atom is -0.332 e. The van der Waals surface area contributed by atoms with Crippen molar-refractivity contribution in [3.63, 3.8) is 0 Å². The number of anilines is 1. The summed E-state index contributed by atoms with van der Waals surface area (Å²) in [5, 5.41) is 9.08. The lowest BCUT2D eigenvalue weighted by Gasteiger charge is -2.28. The van der Waals surface area contributed by atoms with Gasteiger partial charge < -0.3 is 10.6 Å². The van der Waals surface area contributed by atoms with E-state index in [2.05, 4.69) is 22.9 Å².